The second-order valence-electron chi connectivity index (χ2n) is 3.91. The first kappa shape index (κ1) is 11.4. The highest BCUT2D eigenvalue weighted by Crippen LogP contribution is 2.07. The van der Waals surface area contributed by atoms with Gasteiger partial charge in [0.25, 0.3) is 5.91 Å². The van der Waals surface area contributed by atoms with Gasteiger partial charge in [-0.15, -0.1) is 0 Å². The second kappa shape index (κ2) is 4.86. The van der Waals surface area contributed by atoms with Gasteiger partial charge in [0.2, 0.25) is 0 Å². The van der Waals surface area contributed by atoms with Gasteiger partial charge in [0.1, 0.15) is 5.52 Å². The summed E-state index contributed by atoms with van der Waals surface area (Å²) in [5.74, 6) is -0.126. The van der Waals surface area contributed by atoms with Crippen LogP contribution in [0.5, 0.6) is 0 Å². The van der Waals surface area contributed by atoms with Gasteiger partial charge >= 0.3 is 0 Å². The van der Waals surface area contributed by atoms with Gasteiger partial charge < -0.3 is 5.32 Å². The van der Waals surface area contributed by atoms with E-state index in [0.717, 1.165) is 6.42 Å². The largest absolute Gasteiger partial charge is 0.350 e. The van der Waals surface area contributed by atoms with E-state index >= 15 is 0 Å². The van der Waals surface area contributed by atoms with Crippen molar-refractivity contribution in [2.45, 2.75) is 26.3 Å². The van der Waals surface area contributed by atoms with E-state index in [-0.39, 0.29) is 11.9 Å². The Kier molecular flexibility index (Phi) is 3.27. The number of rotatable bonds is 3. The van der Waals surface area contributed by atoms with Gasteiger partial charge in [-0.25, -0.2) is 9.97 Å². The maximum Gasteiger partial charge on any atom is 0.253 e. The molecular formula is C12H14N4O. The summed E-state index contributed by atoms with van der Waals surface area (Å²) in [7, 11) is 0. The molecule has 88 valence electrons. The van der Waals surface area contributed by atoms with Crippen molar-refractivity contribution in [3.8, 4) is 0 Å². The summed E-state index contributed by atoms with van der Waals surface area (Å²) in [6.07, 6.45) is 5.58. The lowest BCUT2D eigenvalue weighted by molar-refractivity contribution is 0.0939. The van der Waals surface area contributed by atoms with Gasteiger partial charge in [-0.2, -0.15) is 0 Å². The van der Waals surface area contributed by atoms with Gasteiger partial charge in [-0.1, -0.05) is 6.92 Å². The monoisotopic (exact) mass is 230 g/mol. The Morgan fingerprint density at radius 1 is 1.35 bits per heavy atom. The first-order valence-electron chi connectivity index (χ1n) is 5.58. The van der Waals surface area contributed by atoms with Crippen molar-refractivity contribution in [1.29, 1.82) is 0 Å². The standard InChI is InChI=1S/C12H14N4O/c1-3-8(2)16-12(17)9-6-10-11(15-7-9)14-5-4-13-10/h4-8H,3H2,1-2H3,(H,16,17). The molecule has 5 heteroatoms. The number of aromatic nitrogens is 3. The van der Waals surface area contributed by atoms with Crippen LogP contribution in [0.25, 0.3) is 11.2 Å². The van der Waals surface area contributed by atoms with E-state index in [1.807, 2.05) is 13.8 Å². The van der Waals surface area contributed by atoms with Gasteiger partial charge in [0, 0.05) is 24.6 Å². The third-order valence-corrected chi connectivity index (χ3v) is 2.58. The lowest BCUT2D eigenvalue weighted by atomic mass is 10.2. The Morgan fingerprint density at radius 2 is 2.12 bits per heavy atom. The van der Waals surface area contributed by atoms with Crippen molar-refractivity contribution in [2.24, 2.45) is 0 Å². The predicted octanol–water partition coefficient (Wildman–Crippen LogP) is 1.55. The van der Waals surface area contributed by atoms with Crippen molar-refractivity contribution < 1.29 is 4.79 Å². The molecule has 0 radical (unpaired) electrons. The van der Waals surface area contributed by atoms with Crippen LogP contribution in [0.1, 0.15) is 30.6 Å². The van der Waals surface area contributed by atoms with E-state index in [1.54, 1.807) is 18.5 Å². The van der Waals surface area contributed by atoms with E-state index in [4.69, 9.17) is 0 Å². The molecule has 2 heterocycles. The van der Waals surface area contributed by atoms with Crippen molar-refractivity contribution in [3.63, 3.8) is 0 Å². The highest BCUT2D eigenvalue weighted by atomic mass is 16.1. The molecule has 17 heavy (non-hydrogen) atoms. The van der Waals surface area contributed by atoms with Crippen LogP contribution >= 0.6 is 0 Å². The maximum absolute atomic E-state index is 11.9. The number of hydrogen-bond donors (Lipinski definition) is 1. The van der Waals surface area contributed by atoms with Crippen LogP contribution in [0.2, 0.25) is 0 Å². The molecule has 0 fully saturated rings. The van der Waals surface area contributed by atoms with E-state index in [1.165, 1.54) is 6.20 Å². The third kappa shape index (κ3) is 2.55. The van der Waals surface area contributed by atoms with Crippen LogP contribution in [0.4, 0.5) is 0 Å². The Hall–Kier alpha value is -2.04. The Bertz CT molecular complexity index is 541. The minimum absolute atomic E-state index is 0.126. The van der Waals surface area contributed by atoms with E-state index in [9.17, 15) is 4.79 Å². The average Bonchev–Trinajstić information content (AvgIpc) is 2.38. The summed E-state index contributed by atoms with van der Waals surface area (Å²) < 4.78 is 0. The number of carbonyl (C=O) groups excluding carboxylic acids is 1. The number of pyridine rings is 1. The zero-order valence-electron chi connectivity index (χ0n) is 9.84. The van der Waals surface area contributed by atoms with Gasteiger partial charge in [-0.05, 0) is 19.4 Å². The van der Waals surface area contributed by atoms with Crippen molar-refractivity contribution >= 4 is 17.1 Å². The summed E-state index contributed by atoms with van der Waals surface area (Å²) in [6, 6.07) is 1.85. The molecule has 2 aromatic heterocycles. The number of nitrogens with zero attached hydrogens (tertiary/aromatic N) is 3. The summed E-state index contributed by atoms with van der Waals surface area (Å²) in [6.45, 7) is 3.99. The molecule has 0 saturated carbocycles. The molecule has 0 aliphatic rings. The molecule has 0 bridgehead atoms. The SMILES string of the molecule is CCC(C)NC(=O)c1cnc2nccnc2c1. The quantitative estimate of drug-likeness (QED) is 0.868. The molecule has 1 atom stereocenters. The summed E-state index contributed by atoms with van der Waals surface area (Å²) >= 11 is 0. The highest BCUT2D eigenvalue weighted by Gasteiger charge is 2.10. The van der Waals surface area contributed by atoms with Crippen LogP contribution in [-0.2, 0) is 0 Å². The summed E-state index contributed by atoms with van der Waals surface area (Å²) in [4.78, 5) is 24.1. The van der Waals surface area contributed by atoms with Crippen LogP contribution in [-0.4, -0.2) is 26.9 Å². The van der Waals surface area contributed by atoms with Crippen LogP contribution in [0.3, 0.4) is 0 Å². The maximum atomic E-state index is 11.9. The third-order valence-electron chi connectivity index (χ3n) is 2.58. The van der Waals surface area contributed by atoms with Crippen LogP contribution in [0, 0.1) is 0 Å². The Labute approximate surface area is 99.3 Å². The molecule has 1 N–H and O–H groups in total. The lowest BCUT2D eigenvalue weighted by Gasteiger charge is -2.10. The van der Waals surface area contributed by atoms with Crippen LogP contribution < -0.4 is 5.32 Å². The van der Waals surface area contributed by atoms with Crippen LogP contribution in [0.15, 0.2) is 24.7 Å². The highest BCUT2D eigenvalue weighted by molar-refractivity contribution is 5.96. The minimum atomic E-state index is -0.126. The molecule has 2 rings (SSSR count). The van der Waals surface area contributed by atoms with Crippen molar-refractivity contribution in [3.05, 3.63) is 30.2 Å². The number of fused-ring (bicyclic) bond motifs is 1. The Balaban J connectivity index is 2.27. The summed E-state index contributed by atoms with van der Waals surface area (Å²) in [5, 5.41) is 2.88. The summed E-state index contributed by atoms with van der Waals surface area (Å²) in [5.41, 5.74) is 1.69. The minimum Gasteiger partial charge on any atom is -0.350 e. The first-order chi connectivity index (χ1) is 8.20. The first-order valence-corrected chi connectivity index (χ1v) is 5.58. The zero-order chi connectivity index (χ0) is 12.3. The molecule has 0 aliphatic heterocycles. The molecule has 5 nitrogen and oxygen atoms in total. The number of nitrogens with one attached hydrogen (secondary N) is 1. The second-order valence-corrected chi connectivity index (χ2v) is 3.91. The van der Waals surface area contributed by atoms with Gasteiger partial charge in [0.15, 0.2) is 5.65 Å². The molecule has 0 aliphatic carbocycles. The topological polar surface area (TPSA) is 67.8 Å². The Morgan fingerprint density at radius 3 is 2.88 bits per heavy atom. The predicted molar refractivity (Wildman–Crippen MR) is 64.6 cm³/mol. The molecular weight excluding hydrogens is 216 g/mol. The lowest BCUT2D eigenvalue weighted by Crippen LogP contribution is -2.31. The zero-order valence-corrected chi connectivity index (χ0v) is 9.84. The molecule has 0 saturated heterocycles. The number of amides is 1. The molecule has 0 aromatic carbocycles. The van der Waals surface area contributed by atoms with E-state index in [0.29, 0.717) is 16.7 Å². The number of hydrogen-bond acceptors (Lipinski definition) is 4. The molecule has 2 aromatic rings. The fourth-order valence-electron chi connectivity index (χ4n) is 1.39. The van der Waals surface area contributed by atoms with Gasteiger partial charge in [-0.3, -0.25) is 9.78 Å². The molecule has 0 spiro atoms. The van der Waals surface area contributed by atoms with E-state index in [2.05, 4.69) is 20.3 Å². The molecule has 1 unspecified atom stereocenters. The fourth-order valence-corrected chi connectivity index (χ4v) is 1.39. The smallest absolute Gasteiger partial charge is 0.253 e. The van der Waals surface area contributed by atoms with Gasteiger partial charge in [0.05, 0.1) is 5.56 Å². The van der Waals surface area contributed by atoms with E-state index < -0.39 is 0 Å². The van der Waals surface area contributed by atoms with Crippen molar-refractivity contribution in [2.75, 3.05) is 0 Å². The number of carbonyl (C=O) groups is 1. The fraction of sp³-hybridized carbons (Fsp3) is 0.333. The average molecular weight is 230 g/mol. The normalized spacial score (nSPS) is 12.4. The molecule has 1 amide bonds. The van der Waals surface area contributed by atoms with Crippen molar-refractivity contribution in [1.82, 2.24) is 20.3 Å².